The number of aryl methyl sites for hydroxylation is 1. The Bertz CT molecular complexity index is 1460. The quantitative estimate of drug-likeness (QED) is 0.405. The lowest BCUT2D eigenvalue weighted by molar-refractivity contribution is 0.354. The average molecular weight is 458 g/mol. The molecule has 2 heterocycles. The van der Waals surface area contributed by atoms with Gasteiger partial charge in [-0.3, -0.25) is 0 Å². The molecule has 0 aliphatic carbocycles. The zero-order valence-electron chi connectivity index (χ0n) is 17.9. The molecule has 0 amide bonds. The molecule has 2 aromatic carbocycles. The van der Waals surface area contributed by atoms with Gasteiger partial charge in [0.2, 0.25) is 10.0 Å². The molecule has 32 heavy (non-hydrogen) atoms. The Morgan fingerprint density at radius 2 is 1.88 bits per heavy atom. The minimum atomic E-state index is -3.79. The van der Waals surface area contributed by atoms with Gasteiger partial charge in [0.15, 0.2) is 17.0 Å². The summed E-state index contributed by atoms with van der Waals surface area (Å²) in [6, 6.07) is 9.87. The van der Waals surface area contributed by atoms with Crippen LogP contribution in [0.1, 0.15) is 12.5 Å². The van der Waals surface area contributed by atoms with E-state index in [2.05, 4.69) is 9.71 Å². The first-order valence-corrected chi connectivity index (χ1v) is 11.5. The van der Waals surface area contributed by atoms with Crippen LogP contribution in [0.5, 0.6) is 11.5 Å². The molecular formula is C22H23N3O6S. The Balaban J connectivity index is 1.60. The molecule has 0 bridgehead atoms. The number of hydrogen-bond donors (Lipinski definition) is 1. The van der Waals surface area contributed by atoms with Crippen LogP contribution in [0.15, 0.2) is 56.8 Å². The Labute approximate surface area is 184 Å². The number of nitrogens with one attached hydrogen (secondary N) is 1. The molecule has 1 N–H and O–H groups in total. The maximum absolute atomic E-state index is 12.9. The van der Waals surface area contributed by atoms with E-state index in [1.165, 1.54) is 18.2 Å². The van der Waals surface area contributed by atoms with Crippen molar-refractivity contribution in [3.8, 4) is 11.5 Å². The van der Waals surface area contributed by atoms with Gasteiger partial charge in [0.1, 0.15) is 5.58 Å². The molecule has 0 radical (unpaired) electrons. The maximum atomic E-state index is 12.9. The number of methoxy groups -OCH3 is 2. The van der Waals surface area contributed by atoms with Crippen molar-refractivity contribution >= 4 is 32.0 Å². The highest BCUT2D eigenvalue weighted by Gasteiger charge is 2.18. The largest absolute Gasteiger partial charge is 0.493 e. The van der Waals surface area contributed by atoms with E-state index in [1.54, 1.807) is 31.2 Å². The summed E-state index contributed by atoms with van der Waals surface area (Å²) in [5.74, 6) is 1.19. The summed E-state index contributed by atoms with van der Waals surface area (Å²) >= 11 is 0. The second-order valence-corrected chi connectivity index (χ2v) is 8.88. The highest BCUT2D eigenvalue weighted by Crippen LogP contribution is 2.28. The molecule has 9 nitrogen and oxygen atoms in total. The molecule has 0 aliphatic rings. The zero-order chi connectivity index (χ0) is 22.9. The fourth-order valence-electron chi connectivity index (χ4n) is 3.60. The predicted molar refractivity (Wildman–Crippen MR) is 120 cm³/mol. The van der Waals surface area contributed by atoms with Crippen molar-refractivity contribution in [2.24, 2.45) is 0 Å². The number of nitrogens with zero attached hydrogens (tertiary/aromatic N) is 2. The first kappa shape index (κ1) is 21.8. The monoisotopic (exact) mass is 457 g/mol. The van der Waals surface area contributed by atoms with Gasteiger partial charge >= 0.3 is 5.63 Å². The van der Waals surface area contributed by atoms with Gasteiger partial charge in [-0.2, -0.15) is 0 Å². The molecule has 0 atom stereocenters. The molecule has 0 aliphatic heterocycles. The number of sulfonamides is 1. The number of ether oxygens (including phenoxy) is 2. The first-order chi connectivity index (χ1) is 15.4. The summed E-state index contributed by atoms with van der Waals surface area (Å²) in [4.78, 5) is 16.4. The fourth-order valence-corrected chi connectivity index (χ4v) is 4.66. The smallest absolute Gasteiger partial charge is 0.364 e. The van der Waals surface area contributed by atoms with Gasteiger partial charge in [0, 0.05) is 18.5 Å². The third-order valence-electron chi connectivity index (χ3n) is 5.24. The van der Waals surface area contributed by atoms with Gasteiger partial charge in [-0.05, 0) is 49.2 Å². The summed E-state index contributed by atoms with van der Waals surface area (Å²) < 4.78 is 46.1. The number of fused-ring (bicyclic) bond motifs is 3. The highest BCUT2D eigenvalue weighted by molar-refractivity contribution is 7.89. The molecule has 0 spiro atoms. The summed E-state index contributed by atoms with van der Waals surface area (Å²) in [6.45, 7) is 2.69. The van der Waals surface area contributed by atoms with Gasteiger partial charge in [0.25, 0.3) is 0 Å². The van der Waals surface area contributed by atoms with Gasteiger partial charge in [-0.15, -0.1) is 0 Å². The van der Waals surface area contributed by atoms with Crippen molar-refractivity contribution in [1.29, 1.82) is 0 Å². The maximum Gasteiger partial charge on any atom is 0.364 e. The van der Waals surface area contributed by atoms with Crippen molar-refractivity contribution < 1.29 is 22.3 Å². The number of hydrogen-bond acceptors (Lipinski definition) is 7. The molecular weight excluding hydrogens is 434 g/mol. The molecule has 10 heteroatoms. The highest BCUT2D eigenvalue weighted by atomic mass is 32.2. The van der Waals surface area contributed by atoms with Crippen molar-refractivity contribution in [3.63, 3.8) is 0 Å². The topological polar surface area (TPSA) is 113 Å². The minimum Gasteiger partial charge on any atom is -0.493 e. The van der Waals surface area contributed by atoms with Crippen LogP contribution < -0.4 is 19.8 Å². The van der Waals surface area contributed by atoms with E-state index in [9.17, 15) is 13.2 Å². The van der Waals surface area contributed by atoms with Crippen LogP contribution in [0.3, 0.4) is 0 Å². The third-order valence-corrected chi connectivity index (χ3v) is 6.70. The van der Waals surface area contributed by atoms with Gasteiger partial charge < -0.3 is 18.5 Å². The average Bonchev–Trinajstić information content (AvgIpc) is 3.24. The van der Waals surface area contributed by atoms with E-state index in [-0.39, 0.29) is 17.0 Å². The van der Waals surface area contributed by atoms with E-state index in [4.69, 9.17) is 13.9 Å². The van der Waals surface area contributed by atoms with Crippen LogP contribution in [-0.2, 0) is 23.0 Å². The third kappa shape index (κ3) is 3.94. The van der Waals surface area contributed by atoms with Crippen molar-refractivity contribution in [3.05, 3.63) is 58.7 Å². The summed E-state index contributed by atoms with van der Waals surface area (Å²) in [6.07, 6.45) is 2.01. The van der Waals surface area contributed by atoms with Gasteiger partial charge in [-0.25, -0.2) is 22.9 Å². The van der Waals surface area contributed by atoms with Crippen LogP contribution >= 0.6 is 0 Å². The lowest BCUT2D eigenvalue weighted by Gasteiger charge is -2.11. The minimum absolute atomic E-state index is 0.0799. The second kappa shape index (κ2) is 8.64. The fraction of sp³-hybridized carbons (Fsp3) is 0.273. The number of rotatable bonds is 8. The zero-order valence-corrected chi connectivity index (χ0v) is 18.7. The molecule has 0 saturated carbocycles. The lowest BCUT2D eigenvalue weighted by atomic mass is 10.1. The van der Waals surface area contributed by atoms with E-state index >= 15 is 0 Å². The Morgan fingerprint density at radius 3 is 2.59 bits per heavy atom. The van der Waals surface area contributed by atoms with Crippen LogP contribution in [0.25, 0.3) is 22.0 Å². The summed E-state index contributed by atoms with van der Waals surface area (Å²) in [5.41, 5.74) is 1.39. The van der Waals surface area contributed by atoms with Gasteiger partial charge in [0.05, 0.1) is 31.0 Å². The Hall–Kier alpha value is -3.37. The van der Waals surface area contributed by atoms with Crippen molar-refractivity contribution in [2.75, 3.05) is 20.8 Å². The molecule has 0 saturated heterocycles. The van der Waals surface area contributed by atoms with E-state index in [1.807, 2.05) is 19.1 Å². The summed E-state index contributed by atoms with van der Waals surface area (Å²) in [5, 5.41) is 0.515. The van der Waals surface area contributed by atoms with Crippen molar-refractivity contribution in [1.82, 2.24) is 14.3 Å². The van der Waals surface area contributed by atoms with Gasteiger partial charge in [-0.1, -0.05) is 6.07 Å². The van der Waals surface area contributed by atoms with Crippen LogP contribution in [0.2, 0.25) is 0 Å². The number of aromatic nitrogens is 2. The predicted octanol–water partition coefficient (Wildman–Crippen LogP) is 2.70. The molecule has 0 unspecified atom stereocenters. The normalized spacial score (nSPS) is 11.8. The standard InChI is InChI=1S/C22H23N3O6S/c1-4-25-13-23-20-21(25)16-12-15(6-8-17(16)31-22(20)26)32(27,28)24-10-9-14-5-7-18(29-2)19(11-14)30-3/h5-8,11-13,24H,4,9-10H2,1-3H3. The molecule has 4 rings (SSSR count). The Kier molecular flexibility index (Phi) is 5.90. The lowest BCUT2D eigenvalue weighted by Crippen LogP contribution is -2.26. The molecule has 4 aromatic rings. The SMILES string of the molecule is CCn1cnc2c(=O)oc3ccc(S(=O)(=O)NCCc4ccc(OC)c(OC)c4)cc3c21. The van der Waals surface area contributed by atoms with Crippen LogP contribution in [0.4, 0.5) is 0 Å². The molecule has 2 aromatic heterocycles. The van der Waals surface area contributed by atoms with E-state index in [0.717, 1.165) is 5.56 Å². The number of benzene rings is 2. The van der Waals surface area contributed by atoms with Crippen LogP contribution in [0, 0.1) is 0 Å². The first-order valence-electron chi connectivity index (χ1n) is 10.00. The van der Waals surface area contributed by atoms with Crippen LogP contribution in [-0.4, -0.2) is 38.7 Å². The van der Waals surface area contributed by atoms with E-state index < -0.39 is 15.6 Å². The number of imidazole rings is 1. The molecule has 0 fully saturated rings. The Morgan fingerprint density at radius 1 is 1.09 bits per heavy atom. The summed E-state index contributed by atoms with van der Waals surface area (Å²) in [7, 11) is -0.681. The molecule has 168 valence electrons. The second-order valence-electron chi connectivity index (χ2n) is 7.11. The van der Waals surface area contributed by atoms with E-state index in [0.29, 0.717) is 41.0 Å². The van der Waals surface area contributed by atoms with Crippen molar-refractivity contribution in [2.45, 2.75) is 24.8 Å².